The average molecular weight is 389 g/mol. The van der Waals surface area contributed by atoms with Gasteiger partial charge in [0.05, 0.1) is 5.52 Å². The van der Waals surface area contributed by atoms with Crippen molar-refractivity contribution in [2.75, 3.05) is 0 Å². The van der Waals surface area contributed by atoms with Crippen LogP contribution in [-0.4, -0.2) is 16.3 Å². The molecule has 2 rings (SSSR count). The van der Waals surface area contributed by atoms with Crippen molar-refractivity contribution in [3.63, 3.8) is 0 Å². The van der Waals surface area contributed by atoms with E-state index in [1.54, 1.807) is 4.57 Å². The van der Waals surface area contributed by atoms with Crippen molar-refractivity contribution in [1.29, 1.82) is 0 Å². The van der Waals surface area contributed by atoms with E-state index in [4.69, 9.17) is 4.74 Å². The van der Waals surface area contributed by atoms with E-state index >= 15 is 0 Å². The van der Waals surface area contributed by atoms with Crippen molar-refractivity contribution < 1.29 is 9.53 Å². The van der Waals surface area contributed by atoms with Crippen LogP contribution in [0.4, 0.5) is 4.79 Å². The predicted octanol–water partition coefficient (Wildman–Crippen LogP) is 5.08. The van der Waals surface area contributed by atoms with Crippen molar-refractivity contribution in [2.24, 2.45) is 0 Å². The van der Waals surface area contributed by atoms with Gasteiger partial charge in [-0.1, -0.05) is 31.9 Å². The molecule has 19 heavy (non-hydrogen) atoms. The van der Waals surface area contributed by atoms with E-state index in [1.165, 1.54) is 0 Å². The number of ether oxygens (including phenoxy) is 1. The molecular weight excluding hydrogens is 374 g/mol. The summed E-state index contributed by atoms with van der Waals surface area (Å²) in [6.07, 6.45) is 1.46. The van der Waals surface area contributed by atoms with Crippen molar-refractivity contribution in [2.45, 2.75) is 31.7 Å². The van der Waals surface area contributed by atoms with E-state index in [1.807, 2.05) is 45.2 Å². The molecule has 0 N–H and O–H groups in total. The molecule has 0 atom stereocenters. The zero-order valence-corrected chi connectivity index (χ0v) is 14.2. The number of carbonyl (C=O) groups is 1. The summed E-state index contributed by atoms with van der Waals surface area (Å²) in [5, 5.41) is 1.73. The number of benzene rings is 1. The molecule has 0 aliphatic heterocycles. The van der Waals surface area contributed by atoms with Crippen LogP contribution in [-0.2, 0) is 10.1 Å². The molecule has 0 unspecified atom stereocenters. The topological polar surface area (TPSA) is 31.2 Å². The Balaban J connectivity index is 2.52. The smallest absolute Gasteiger partial charge is 0.419 e. The number of fused-ring (bicyclic) bond motifs is 1. The summed E-state index contributed by atoms with van der Waals surface area (Å²) < 4.78 is 7.97. The molecule has 0 bridgehead atoms. The van der Waals surface area contributed by atoms with Crippen LogP contribution in [0.15, 0.2) is 28.9 Å². The van der Waals surface area contributed by atoms with Crippen molar-refractivity contribution >= 4 is 48.9 Å². The van der Waals surface area contributed by atoms with Crippen LogP contribution in [0, 0.1) is 0 Å². The Bertz CT molecular complexity index is 626. The maximum absolute atomic E-state index is 12.2. The van der Waals surface area contributed by atoms with Crippen LogP contribution in [0.5, 0.6) is 0 Å². The third-order valence-corrected chi connectivity index (χ3v) is 3.68. The van der Waals surface area contributed by atoms with Gasteiger partial charge in [0.15, 0.2) is 0 Å². The van der Waals surface area contributed by atoms with E-state index in [0.717, 1.165) is 20.9 Å². The van der Waals surface area contributed by atoms with Crippen LogP contribution in [0.1, 0.15) is 26.3 Å². The molecule has 0 fully saturated rings. The molecule has 0 aliphatic carbocycles. The first-order valence-corrected chi connectivity index (χ1v) is 7.82. The molecular formula is C14H15Br2NO2. The lowest BCUT2D eigenvalue weighted by atomic mass is 10.2. The van der Waals surface area contributed by atoms with Gasteiger partial charge in [-0.2, -0.15) is 0 Å². The molecule has 102 valence electrons. The fourth-order valence-corrected chi connectivity index (χ4v) is 2.65. The van der Waals surface area contributed by atoms with Gasteiger partial charge in [-0.15, -0.1) is 0 Å². The van der Waals surface area contributed by atoms with Gasteiger partial charge in [-0.3, -0.25) is 4.57 Å². The number of carbonyl (C=O) groups excluding carboxylic acids is 1. The molecule has 1 heterocycles. The van der Waals surface area contributed by atoms with E-state index in [2.05, 4.69) is 31.9 Å². The van der Waals surface area contributed by atoms with Crippen LogP contribution in [0.3, 0.4) is 0 Å². The molecule has 5 heteroatoms. The Morgan fingerprint density at radius 3 is 2.63 bits per heavy atom. The summed E-state index contributed by atoms with van der Waals surface area (Å²) >= 11 is 6.90. The Kier molecular flexibility index (Phi) is 4.06. The molecule has 0 aliphatic rings. The third-order valence-electron chi connectivity index (χ3n) is 2.58. The monoisotopic (exact) mass is 387 g/mol. The number of alkyl halides is 1. The largest absolute Gasteiger partial charge is 0.443 e. The Labute approximate surface area is 129 Å². The van der Waals surface area contributed by atoms with E-state index in [-0.39, 0.29) is 6.09 Å². The number of aromatic nitrogens is 1. The molecule has 2 aromatic rings. The van der Waals surface area contributed by atoms with E-state index in [9.17, 15) is 4.79 Å². The van der Waals surface area contributed by atoms with Crippen molar-refractivity contribution in [1.82, 2.24) is 4.57 Å². The van der Waals surface area contributed by atoms with E-state index in [0.29, 0.717) is 5.33 Å². The third kappa shape index (κ3) is 3.20. The SMILES string of the molecule is CC(C)(C)OC(=O)n1cc(CBr)c2cc(Br)ccc21. The summed E-state index contributed by atoms with van der Waals surface area (Å²) in [7, 11) is 0. The lowest BCUT2D eigenvalue weighted by Gasteiger charge is -2.19. The highest BCUT2D eigenvalue weighted by Gasteiger charge is 2.20. The highest BCUT2D eigenvalue weighted by atomic mass is 79.9. The first kappa shape index (κ1) is 14.6. The lowest BCUT2D eigenvalue weighted by molar-refractivity contribution is 0.0544. The predicted molar refractivity (Wildman–Crippen MR) is 83.9 cm³/mol. The van der Waals surface area contributed by atoms with Crippen LogP contribution >= 0.6 is 31.9 Å². The van der Waals surface area contributed by atoms with Gasteiger partial charge in [0.1, 0.15) is 5.60 Å². The highest BCUT2D eigenvalue weighted by Crippen LogP contribution is 2.27. The molecule has 0 saturated heterocycles. The molecule has 0 amide bonds. The number of rotatable bonds is 1. The summed E-state index contributed by atoms with van der Waals surface area (Å²) in [5.74, 6) is 0. The van der Waals surface area contributed by atoms with Gasteiger partial charge in [0.2, 0.25) is 0 Å². The first-order chi connectivity index (χ1) is 8.81. The summed E-state index contributed by atoms with van der Waals surface area (Å²) in [5.41, 5.74) is 1.41. The van der Waals surface area contributed by atoms with Crippen LogP contribution < -0.4 is 0 Å². The maximum Gasteiger partial charge on any atom is 0.419 e. The number of hydrogen-bond acceptors (Lipinski definition) is 2. The first-order valence-electron chi connectivity index (χ1n) is 5.90. The van der Waals surface area contributed by atoms with Gasteiger partial charge in [-0.05, 0) is 44.5 Å². The highest BCUT2D eigenvalue weighted by molar-refractivity contribution is 9.10. The minimum atomic E-state index is -0.502. The van der Waals surface area contributed by atoms with Gasteiger partial charge >= 0.3 is 6.09 Å². The van der Waals surface area contributed by atoms with Gasteiger partial charge in [0.25, 0.3) is 0 Å². The summed E-state index contributed by atoms with van der Waals surface area (Å²) in [4.78, 5) is 12.2. The fourth-order valence-electron chi connectivity index (χ4n) is 1.84. The van der Waals surface area contributed by atoms with E-state index < -0.39 is 5.60 Å². The minimum absolute atomic E-state index is 0.355. The van der Waals surface area contributed by atoms with Crippen molar-refractivity contribution in [3.8, 4) is 0 Å². The molecule has 0 spiro atoms. The number of hydrogen-bond donors (Lipinski definition) is 0. The standard InChI is InChI=1S/C14H15Br2NO2/c1-14(2,3)19-13(18)17-8-9(7-15)11-6-10(16)4-5-12(11)17/h4-6,8H,7H2,1-3H3. The quantitative estimate of drug-likeness (QED) is 0.637. The maximum atomic E-state index is 12.2. The minimum Gasteiger partial charge on any atom is -0.443 e. The Morgan fingerprint density at radius 2 is 2.05 bits per heavy atom. The second kappa shape index (κ2) is 5.29. The average Bonchev–Trinajstić information content (AvgIpc) is 2.64. The molecule has 0 radical (unpaired) electrons. The molecule has 0 saturated carbocycles. The lowest BCUT2D eigenvalue weighted by Crippen LogP contribution is -2.26. The number of halogens is 2. The normalized spacial score (nSPS) is 11.8. The Morgan fingerprint density at radius 1 is 1.37 bits per heavy atom. The van der Waals surface area contributed by atoms with Gasteiger partial charge < -0.3 is 4.74 Å². The second-order valence-electron chi connectivity index (χ2n) is 5.30. The summed E-state index contributed by atoms with van der Waals surface area (Å²) in [6, 6.07) is 5.84. The zero-order valence-electron chi connectivity index (χ0n) is 11.0. The van der Waals surface area contributed by atoms with Gasteiger partial charge in [0, 0.05) is 21.4 Å². The molecule has 3 nitrogen and oxygen atoms in total. The Hall–Kier alpha value is -0.810. The fraction of sp³-hybridized carbons (Fsp3) is 0.357. The molecule has 1 aromatic heterocycles. The van der Waals surface area contributed by atoms with Gasteiger partial charge in [-0.25, -0.2) is 4.79 Å². The zero-order chi connectivity index (χ0) is 14.2. The van der Waals surface area contributed by atoms with Crippen LogP contribution in [0.25, 0.3) is 10.9 Å². The summed E-state index contributed by atoms with van der Waals surface area (Å²) in [6.45, 7) is 5.58. The van der Waals surface area contributed by atoms with Crippen molar-refractivity contribution in [3.05, 3.63) is 34.4 Å². The molecule has 1 aromatic carbocycles. The van der Waals surface area contributed by atoms with Crippen LogP contribution in [0.2, 0.25) is 0 Å². The second-order valence-corrected chi connectivity index (χ2v) is 6.78. The number of nitrogens with zero attached hydrogens (tertiary/aromatic N) is 1.